The third-order valence-electron chi connectivity index (χ3n) is 3.81. The molecule has 1 aliphatic heterocycles. The van der Waals surface area contributed by atoms with Crippen molar-refractivity contribution in [2.75, 3.05) is 33.2 Å². The largest absolute Gasteiger partial charge is 0.305 e. The summed E-state index contributed by atoms with van der Waals surface area (Å²) in [6.07, 6.45) is 0.852. The van der Waals surface area contributed by atoms with E-state index in [9.17, 15) is 8.42 Å². The minimum Gasteiger partial charge on any atom is -0.305 e. The quantitative estimate of drug-likeness (QED) is 0.739. The normalized spacial score (nSPS) is 18.7. The van der Waals surface area contributed by atoms with Gasteiger partial charge in [0.2, 0.25) is 10.0 Å². The predicted molar refractivity (Wildman–Crippen MR) is 89.3 cm³/mol. The number of alkyl halides is 1. The van der Waals surface area contributed by atoms with Crippen LogP contribution in [0.2, 0.25) is 0 Å². The molecule has 0 aliphatic carbocycles. The summed E-state index contributed by atoms with van der Waals surface area (Å²) < 4.78 is 28.2. The second-order valence-electron chi connectivity index (χ2n) is 5.40. The summed E-state index contributed by atoms with van der Waals surface area (Å²) in [5, 5.41) is 0. The van der Waals surface area contributed by atoms with E-state index >= 15 is 0 Å². The first-order valence-electron chi connectivity index (χ1n) is 6.90. The fourth-order valence-corrected chi connectivity index (χ4v) is 5.01. The molecule has 0 aromatic heterocycles. The second-order valence-corrected chi connectivity index (χ2v) is 8.42. The minimum atomic E-state index is -3.48. The van der Waals surface area contributed by atoms with E-state index in [0.717, 1.165) is 35.1 Å². The Bertz CT molecular complexity index is 622. The highest BCUT2D eigenvalue weighted by Gasteiger charge is 2.28. The van der Waals surface area contributed by atoms with Crippen LogP contribution in [0, 0.1) is 6.92 Å². The van der Waals surface area contributed by atoms with Gasteiger partial charge in [-0.1, -0.05) is 15.9 Å². The molecule has 118 valence electrons. The lowest BCUT2D eigenvalue weighted by Gasteiger charge is -2.22. The molecule has 0 radical (unpaired) electrons. The molecule has 0 atom stereocenters. The zero-order chi connectivity index (χ0) is 15.6. The van der Waals surface area contributed by atoms with Crippen molar-refractivity contribution in [1.82, 2.24) is 9.21 Å². The Kier molecular flexibility index (Phi) is 5.71. The van der Waals surface area contributed by atoms with Crippen molar-refractivity contribution in [2.45, 2.75) is 24.1 Å². The minimum absolute atomic E-state index is 0.296. The number of halogens is 2. The lowest BCUT2D eigenvalue weighted by Crippen LogP contribution is -2.35. The highest BCUT2D eigenvalue weighted by atomic mass is 79.9. The maximum atomic E-state index is 12.9. The first-order chi connectivity index (χ1) is 9.86. The van der Waals surface area contributed by atoms with Gasteiger partial charge in [-0.2, -0.15) is 4.31 Å². The summed E-state index contributed by atoms with van der Waals surface area (Å²) >= 11 is 9.30. The van der Waals surface area contributed by atoms with Crippen LogP contribution in [-0.2, 0) is 15.9 Å². The van der Waals surface area contributed by atoms with E-state index in [4.69, 9.17) is 11.6 Å². The van der Waals surface area contributed by atoms with Crippen LogP contribution >= 0.6 is 27.5 Å². The Hall–Kier alpha value is -0.140. The molecular weight excluding hydrogens is 376 g/mol. The Balaban J connectivity index is 2.41. The van der Waals surface area contributed by atoms with Gasteiger partial charge in [0.1, 0.15) is 0 Å². The summed E-state index contributed by atoms with van der Waals surface area (Å²) in [4.78, 5) is 2.52. The Morgan fingerprint density at radius 3 is 2.62 bits per heavy atom. The van der Waals surface area contributed by atoms with E-state index in [-0.39, 0.29) is 0 Å². The molecule has 0 amide bonds. The van der Waals surface area contributed by atoms with E-state index in [1.54, 1.807) is 10.4 Å². The van der Waals surface area contributed by atoms with Gasteiger partial charge in [0.25, 0.3) is 0 Å². The Morgan fingerprint density at radius 2 is 1.95 bits per heavy atom. The summed E-state index contributed by atoms with van der Waals surface area (Å²) in [7, 11) is -1.46. The predicted octanol–water partition coefficient (Wildman–Crippen LogP) is 2.82. The van der Waals surface area contributed by atoms with Crippen molar-refractivity contribution in [3.05, 3.63) is 27.7 Å². The van der Waals surface area contributed by atoms with E-state index in [2.05, 4.69) is 20.8 Å². The molecular formula is C14H20BrClN2O2S. The highest BCUT2D eigenvalue weighted by molar-refractivity contribution is 9.10. The molecule has 1 fully saturated rings. The van der Waals surface area contributed by atoms with E-state index in [1.807, 2.05) is 20.0 Å². The topological polar surface area (TPSA) is 40.6 Å². The van der Waals surface area contributed by atoms with Crippen molar-refractivity contribution in [2.24, 2.45) is 0 Å². The van der Waals surface area contributed by atoms with Crippen molar-refractivity contribution < 1.29 is 8.42 Å². The summed E-state index contributed by atoms with van der Waals surface area (Å²) in [5.74, 6) is 0.296. The van der Waals surface area contributed by atoms with Crippen LogP contribution in [0.3, 0.4) is 0 Å². The van der Waals surface area contributed by atoms with Crippen LogP contribution < -0.4 is 0 Å². The zero-order valence-electron chi connectivity index (χ0n) is 12.3. The van der Waals surface area contributed by atoms with Gasteiger partial charge in [0.05, 0.1) is 4.90 Å². The fourth-order valence-electron chi connectivity index (χ4n) is 2.45. The van der Waals surface area contributed by atoms with Gasteiger partial charge >= 0.3 is 0 Å². The first kappa shape index (κ1) is 17.2. The van der Waals surface area contributed by atoms with Crippen LogP contribution in [0.15, 0.2) is 21.5 Å². The van der Waals surface area contributed by atoms with Crippen molar-refractivity contribution in [3.63, 3.8) is 0 Å². The third kappa shape index (κ3) is 3.79. The number of hydrogen-bond donors (Lipinski definition) is 0. The van der Waals surface area contributed by atoms with Gasteiger partial charge in [-0.3, -0.25) is 0 Å². The van der Waals surface area contributed by atoms with Gasteiger partial charge in [-0.05, 0) is 50.2 Å². The molecule has 1 heterocycles. The Morgan fingerprint density at radius 1 is 1.24 bits per heavy atom. The molecule has 0 unspecified atom stereocenters. The van der Waals surface area contributed by atoms with Gasteiger partial charge in [0.15, 0.2) is 0 Å². The molecule has 1 aliphatic rings. The maximum absolute atomic E-state index is 12.9. The molecule has 1 saturated heterocycles. The van der Waals surface area contributed by atoms with Crippen molar-refractivity contribution in [1.29, 1.82) is 0 Å². The molecule has 1 aromatic carbocycles. The SMILES string of the molecule is Cc1c(Br)cc(CCl)cc1S(=O)(=O)N1CCCN(C)CC1. The number of rotatable bonds is 3. The number of hydrogen-bond acceptors (Lipinski definition) is 3. The van der Waals surface area contributed by atoms with E-state index < -0.39 is 10.0 Å². The van der Waals surface area contributed by atoms with E-state index in [1.165, 1.54) is 0 Å². The molecule has 0 spiro atoms. The van der Waals surface area contributed by atoms with Crippen LogP contribution in [0.4, 0.5) is 0 Å². The second kappa shape index (κ2) is 6.96. The highest BCUT2D eigenvalue weighted by Crippen LogP contribution is 2.29. The Labute approximate surface area is 140 Å². The van der Waals surface area contributed by atoms with Crippen molar-refractivity contribution >= 4 is 37.6 Å². The van der Waals surface area contributed by atoms with Crippen LogP contribution in [0.1, 0.15) is 17.5 Å². The van der Waals surface area contributed by atoms with Crippen molar-refractivity contribution in [3.8, 4) is 0 Å². The summed E-state index contributed by atoms with van der Waals surface area (Å²) in [6, 6.07) is 3.56. The zero-order valence-corrected chi connectivity index (χ0v) is 15.4. The molecule has 21 heavy (non-hydrogen) atoms. The van der Waals surface area contributed by atoms with Gasteiger partial charge < -0.3 is 4.90 Å². The molecule has 0 N–H and O–H groups in total. The summed E-state index contributed by atoms with van der Waals surface area (Å²) in [6.45, 7) is 4.60. The molecule has 0 bridgehead atoms. The molecule has 1 aromatic rings. The summed E-state index contributed by atoms with van der Waals surface area (Å²) in [5.41, 5.74) is 1.54. The van der Waals surface area contributed by atoms with E-state index in [0.29, 0.717) is 23.9 Å². The lowest BCUT2D eigenvalue weighted by molar-refractivity contribution is 0.347. The maximum Gasteiger partial charge on any atom is 0.243 e. The number of nitrogens with zero attached hydrogens (tertiary/aromatic N) is 2. The van der Waals surface area contributed by atoms with Crippen LogP contribution in [0.25, 0.3) is 0 Å². The standard InChI is InChI=1S/C14H20BrClN2O2S/c1-11-13(15)8-12(10-16)9-14(11)21(19,20)18-5-3-4-17(2)6-7-18/h8-9H,3-7,10H2,1-2H3. The smallest absolute Gasteiger partial charge is 0.243 e. The average Bonchev–Trinajstić information content (AvgIpc) is 2.66. The molecule has 0 saturated carbocycles. The number of sulfonamides is 1. The van der Waals surface area contributed by atoms with Gasteiger partial charge in [0, 0.05) is 30.0 Å². The monoisotopic (exact) mass is 394 g/mol. The molecule has 4 nitrogen and oxygen atoms in total. The molecule has 7 heteroatoms. The fraction of sp³-hybridized carbons (Fsp3) is 0.571. The van der Waals surface area contributed by atoms with Gasteiger partial charge in [-0.25, -0.2) is 8.42 Å². The third-order valence-corrected chi connectivity index (χ3v) is 6.96. The average molecular weight is 396 g/mol. The molecule has 2 rings (SSSR count). The van der Waals surface area contributed by atoms with Gasteiger partial charge in [-0.15, -0.1) is 11.6 Å². The number of benzene rings is 1. The first-order valence-corrected chi connectivity index (χ1v) is 9.66. The lowest BCUT2D eigenvalue weighted by atomic mass is 10.2. The number of likely N-dealkylation sites (N-methyl/N-ethyl adjacent to an activating group) is 1. The van der Waals surface area contributed by atoms with Crippen LogP contribution in [0.5, 0.6) is 0 Å². The van der Waals surface area contributed by atoms with Crippen LogP contribution in [-0.4, -0.2) is 50.8 Å².